The molecule has 2 aromatic carbocycles. The number of nitrogens with zero attached hydrogens (tertiary/aromatic N) is 3. The second-order valence-corrected chi connectivity index (χ2v) is 7.02. The van der Waals surface area contributed by atoms with Crippen LogP contribution in [-0.2, 0) is 0 Å². The molecule has 2 heterocycles. The van der Waals surface area contributed by atoms with Gasteiger partial charge in [0, 0.05) is 34.5 Å². The van der Waals surface area contributed by atoms with Crippen LogP contribution in [0.25, 0.3) is 5.57 Å². The number of benzene rings is 2. The summed E-state index contributed by atoms with van der Waals surface area (Å²) in [5, 5.41) is 12.9. The number of hydrogen-bond donors (Lipinski definition) is 1. The molecule has 1 atom stereocenters. The number of aliphatic imine (C=N–C) groups is 1. The van der Waals surface area contributed by atoms with E-state index in [1.54, 1.807) is 6.08 Å². The number of anilines is 1. The first-order valence-electron chi connectivity index (χ1n) is 9.66. The third kappa shape index (κ3) is 3.39. The lowest BCUT2D eigenvalue weighted by molar-refractivity contribution is 0.273. The zero-order valence-electron chi connectivity index (χ0n) is 15.7. The van der Waals surface area contributed by atoms with Crippen molar-refractivity contribution >= 4 is 17.1 Å². The molecule has 2 aliphatic heterocycles. The van der Waals surface area contributed by atoms with E-state index >= 15 is 0 Å². The molecule has 0 spiro atoms. The normalized spacial score (nSPS) is 22.0. The fourth-order valence-corrected chi connectivity index (χ4v) is 4.15. The Morgan fingerprint density at radius 1 is 1.15 bits per heavy atom. The van der Waals surface area contributed by atoms with Gasteiger partial charge >= 0.3 is 0 Å². The number of nitriles is 1. The number of nitrogens with one attached hydrogen (secondary N) is 1. The van der Waals surface area contributed by atoms with Gasteiger partial charge in [-0.15, -0.1) is 0 Å². The summed E-state index contributed by atoms with van der Waals surface area (Å²) in [7, 11) is 0. The topological polar surface area (TPSA) is 51.4 Å². The van der Waals surface area contributed by atoms with Crippen molar-refractivity contribution in [1.82, 2.24) is 4.90 Å². The molecule has 4 heteroatoms. The summed E-state index contributed by atoms with van der Waals surface area (Å²) in [5.74, 6) is 0.891. The molecule has 136 valence electrons. The second-order valence-electron chi connectivity index (χ2n) is 7.02. The molecule has 1 unspecified atom stereocenters. The molecule has 27 heavy (non-hydrogen) atoms. The van der Waals surface area contributed by atoms with Crippen LogP contribution in [0.1, 0.15) is 36.5 Å². The van der Waals surface area contributed by atoms with Gasteiger partial charge in [0.2, 0.25) is 0 Å². The van der Waals surface area contributed by atoms with Crippen molar-refractivity contribution in [3.63, 3.8) is 0 Å². The van der Waals surface area contributed by atoms with Gasteiger partial charge in [0.05, 0.1) is 12.6 Å². The predicted molar refractivity (Wildman–Crippen MR) is 111 cm³/mol. The molecule has 0 aliphatic carbocycles. The highest BCUT2D eigenvalue weighted by Crippen LogP contribution is 2.35. The van der Waals surface area contributed by atoms with E-state index in [0.29, 0.717) is 6.04 Å². The van der Waals surface area contributed by atoms with Gasteiger partial charge < -0.3 is 5.32 Å². The summed E-state index contributed by atoms with van der Waals surface area (Å²) >= 11 is 0. The molecule has 1 fully saturated rings. The SMILES string of the molecule is CCN1CCCC1CN=C1Nc2ccccc2/C(=C/C#N)c2ccccc21. The Balaban J connectivity index is 1.79. The Bertz CT molecular complexity index is 935. The van der Waals surface area contributed by atoms with Crippen LogP contribution in [0, 0.1) is 11.3 Å². The van der Waals surface area contributed by atoms with Crippen molar-refractivity contribution in [2.24, 2.45) is 4.99 Å². The standard InChI is InChI=1S/C23H24N4/c1-2-27-15-7-8-17(27)16-25-23-21-11-4-3-9-18(21)19(13-14-24)20-10-5-6-12-22(20)26-23/h3-6,9-13,17H,2,7-8,15-16H2,1H3,(H,25,26)/b19-13+. The summed E-state index contributed by atoms with van der Waals surface area (Å²) in [4.78, 5) is 7.53. The number of para-hydroxylation sites is 1. The van der Waals surface area contributed by atoms with E-state index in [4.69, 9.17) is 4.99 Å². The molecule has 0 aromatic heterocycles. The third-order valence-electron chi connectivity index (χ3n) is 5.52. The van der Waals surface area contributed by atoms with Gasteiger partial charge in [0.25, 0.3) is 0 Å². The van der Waals surface area contributed by atoms with Crippen LogP contribution in [0.15, 0.2) is 59.6 Å². The molecule has 0 radical (unpaired) electrons. The summed E-state index contributed by atoms with van der Waals surface area (Å²) in [5.41, 5.74) is 5.07. The number of likely N-dealkylation sites (N-methyl/N-ethyl adjacent to an activating group) is 1. The minimum Gasteiger partial charge on any atom is -0.340 e. The highest BCUT2D eigenvalue weighted by Gasteiger charge is 2.24. The van der Waals surface area contributed by atoms with Crippen LogP contribution in [0.5, 0.6) is 0 Å². The molecule has 0 amide bonds. The first kappa shape index (κ1) is 17.5. The molecule has 1 N–H and O–H groups in total. The maximum absolute atomic E-state index is 9.35. The number of likely N-dealkylation sites (tertiary alicyclic amines) is 1. The van der Waals surface area contributed by atoms with E-state index in [2.05, 4.69) is 47.5 Å². The fraction of sp³-hybridized carbons (Fsp3) is 0.304. The Hall–Kier alpha value is -2.90. The lowest BCUT2D eigenvalue weighted by Gasteiger charge is -2.21. The molecular weight excluding hydrogens is 332 g/mol. The van der Waals surface area contributed by atoms with E-state index in [1.165, 1.54) is 19.4 Å². The summed E-state index contributed by atoms with van der Waals surface area (Å²) in [6, 6.07) is 19.1. The Kier molecular flexibility index (Phi) is 5.04. The second kappa shape index (κ2) is 7.77. The molecule has 4 nitrogen and oxygen atoms in total. The maximum Gasteiger partial charge on any atom is 0.133 e. The molecule has 1 saturated heterocycles. The predicted octanol–water partition coefficient (Wildman–Crippen LogP) is 4.30. The van der Waals surface area contributed by atoms with Crippen LogP contribution >= 0.6 is 0 Å². The van der Waals surface area contributed by atoms with Crippen LogP contribution in [0.2, 0.25) is 0 Å². The number of hydrogen-bond acceptors (Lipinski definition) is 3. The van der Waals surface area contributed by atoms with Crippen molar-refractivity contribution in [3.8, 4) is 6.07 Å². The highest BCUT2D eigenvalue weighted by atomic mass is 15.2. The van der Waals surface area contributed by atoms with Gasteiger partial charge in [0.1, 0.15) is 5.84 Å². The monoisotopic (exact) mass is 356 g/mol. The first-order valence-corrected chi connectivity index (χ1v) is 9.66. The molecule has 2 aromatic rings. The lowest BCUT2D eigenvalue weighted by atomic mass is 9.94. The van der Waals surface area contributed by atoms with Gasteiger partial charge in [-0.2, -0.15) is 5.26 Å². The highest BCUT2D eigenvalue weighted by molar-refractivity contribution is 6.15. The zero-order chi connectivity index (χ0) is 18.6. The molecule has 4 rings (SSSR count). The Morgan fingerprint density at radius 3 is 2.67 bits per heavy atom. The molecular formula is C23H24N4. The van der Waals surface area contributed by atoms with Crippen molar-refractivity contribution in [1.29, 1.82) is 5.26 Å². The van der Waals surface area contributed by atoms with Crippen molar-refractivity contribution in [3.05, 3.63) is 71.3 Å². The van der Waals surface area contributed by atoms with Crippen LogP contribution in [-0.4, -0.2) is 36.4 Å². The first-order chi connectivity index (χ1) is 13.3. The summed E-state index contributed by atoms with van der Waals surface area (Å²) in [6.07, 6.45) is 4.10. The van der Waals surface area contributed by atoms with E-state index in [9.17, 15) is 5.26 Å². The van der Waals surface area contributed by atoms with Gasteiger partial charge in [-0.1, -0.05) is 49.4 Å². The van der Waals surface area contributed by atoms with Gasteiger partial charge in [-0.05, 0) is 37.6 Å². The zero-order valence-corrected chi connectivity index (χ0v) is 15.7. The van der Waals surface area contributed by atoms with Gasteiger partial charge in [-0.25, -0.2) is 0 Å². The van der Waals surface area contributed by atoms with Crippen LogP contribution in [0.4, 0.5) is 5.69 Å². The Morgan fingerprint density at radius 2 is 1.89 bits per heavy atom. The average molecular weight is 356 g/mol. The van der Waals surface area contributed by atoms with Crippen molar-refractivity contribution < 1.29 is 0 Å². The van der Waals surface area contributed by atoms with Crippen molar-refractivity contribution in [2.75, 3.05) is 25.0 Å². The third-order valence-corrected chi connectivity index (χ3v) is 5.52. The van der Waals surface area contributed by atoms with Gasteiger partial charge in [-0.3, -0.25) is 9.89 Å². The number of amidine groups is 1. The maximum atomic E-state index is 9.35. The van der Waals surface area contributed by atoms with Crippen molar-refractivity contribution in [2.45, 2.75) is 25.8 Å². The largest absolute Gasteiger partial charge is 0.340 e. The van der Waals surface area contributed by atoms with Crippen LogP contribution < -0.4 is 5.32 Å². The quantitative estimate of drug-likeness (QED) is 0.834. The minimum atomic E-state index is 0.518. The lowest BCUT2D eigenvalue weighted by Crippen LogP contribution is -2.32. The van der Waals surface area contributed by atoms with E-state index in [1.807, 2.05) is 24.3 Å². The van der Waals surface area contributed by atoms with E-state index < -0.39 is 0 Å². The average Bonchev–Trinajstić information content (AvgIpc) is 3.12. The summed E-state index contributed by atoms with van der Waals surface area (Å²) < 4.78 is 0. The molecule has 2 aliphatic rings. The van der Waals surface area contributed by atoms with E-state index in [-0.39, 0.29) is 0 Å². The molecule has 0 bridgehead atoms. The smallest absolute Gasteiger partial charge is 0.133 e. The summed E-state index contributed by atoms with van der Waals surface area (Å²) in [6.45, 7) is 5.27. The Labute approximate surface area is 160 Å². The van der Waals surface area contributed by atoms with E-state index in [0.717, 1.165) is 46.9 Å². The number of rotatable bonds is 3. The number of fused-ring (bicyclic) bond motifs is 2. The fourth-order valence-electron chi connectivity index (χ4n) is 4.15. The van der Waals surface area contributed by atoms with Gasteiger partial charge in [0.15, 0.2) is 0 Å². The minimum absolute atomic E-state index is 0.518. The number of allylic oxidation sites excluding steroid dienone is 1. The van der Waals surface area contributed by atoms with Crippen LogP contribution in [0.3, 0.4) is 0 Å². The molecule has 0 saturated carbocycles.